The summed E-state index contributed by atoms with van der Waals surface area (Å²) in [4.78, 5) is 17.0. The third-order valence-electron chi connectivity index (χ3n) is 5.03. The zero-order valence-corrected chi connectivity index (χ0v) is 16.3. The summed E-state index contributed by atoms with van der Waals surface area (Å²) in [5, 5.41) is 6.72. The van der Waals surface area contributed by atoms with Gasteiger partial charge in [0.15, 0.2) is 11.5 Å². The van der Waals surface area contributed by atoms with Crippen molar-refractivity contribution >= 4 is 11.6 Å². The zero-order chi connectivity index (χ0) is 20.1. The van der Waals surface area contributed by atoms with Crippen LogP contribution < -0.4 is 15.0 Å². The maximum Gasteiger partial charge on any atom is 0.273 e. The van der Waals surface area contributed by atoms with Crippen LogP contribution in [0.25, 0.3) is 11.5 Å². The average Bonchev–Trinajstić information content (AvgIpc) is 3.46. The fourth-order valence-electron chi connectivity index (χ4n) is 3.36. The fourth-order valence-corrected chi connectivity index (χ4v) is 3.36. The van der Waals surface area contributed by atoms with E-state index in [4.69, 9.17) is 13.7 Å². The van der Waals surface area contributed by atoms with Gasteiger partial charge in [-0.15, -0.1) is 0 Å². The molecular weight excluding hydrogens is 372 g/mol. The van der Waals surface area contributed by atoms with Crippen molar-refractivity contribution in [3.8, 4) is 17.3 Å². The molecule has 3 heterocycles. The van der Waals surface area contributed by atoms with Gasteiger partial charge in [-0.1, -0.05) is 5.16 Å². The molecule has 1 fully saturated rings. The maximum absolute atomic E-state index is 12.3. The number of furan rings is 1. The molecule has 8 heteroatoms. The number of carbonyl (C=O) groups excluding carboxylic acids is 1. The topological polar surface area (TPSA) is 84.0 Å². The van der Waals surface area contributed by atoms with E-state index in [0.29, 0.717) is 18.1 Å². The molecule has 8 nitrogen and oxygen atoms in total. The summed E-state index contributed by atoms with van der Waals surface area (Å²) < 4.78 is 15.6. The summed E-state index contributed by atoms with van der Waals surface area (Å²) in [6.45, 7) is 5.17. The van der Waals surface area contributed by atoms with Crippen LogP contribution in [0.2, 0.25) is 0 Å². The van der Waals surface area contributed by atoms with Gasteiger partial charge in [-0.25, -0.2) is 0 Å². The molecule has 0 saturated carbocycles. The molecule has 1 amide bonds. The lowest BCUT2D eigenvalue weighted by molar-refractivity contribution is 0.0939. The first-order valence-corrected chi connectivity index (χ1v) is 9.63. The third kappa shape index (κ3) is 4.60. The highest BCUT2D eigenvalue weighted by Crippen LogP contribution is 2.21. The first-order chi connectivity index (χ1) is 14.2. The summed E-state index contributed by atoms with van der Waals surface area (Å²) in [5.41, 5.74) is 1.46. The highest BCUT2D eigenvalue weighted by molar-refractivity contribution is 5.92. The number of nitrogens with one attached hydrogen (secondary N) is 1. The number of amides is 1. The Labute approximate surface area is 169 Å². The first kappa shape index (κ1) is 19.1. The van der Waals surface area contributed by atoms with Gasteiger partial charge in [0.05, 0.1) is 13.4 Å². The van der Waals surface area contributed by atoms with Gasteiger partial charge in [0.1, 0.15) is 5.75 Å². The predicted octanol–water partition coefficient (Wildman–Crippen LogP) is 2.50. The summed E-state index contributed by atoms with van der Waals surface area (Å²) in [6, 6.07) is 13.2. The largest absolute Gasteiger partial charge is 0.497 e. The van der Waals surface area contributed by atoms with Gasteiger partial charge in [-0.05, 0) is 36.4 Å². The minimum absolute atomic E-state index is 0.247. The number of ether oxygens (including phenoxy) is 1. The number of carbonyl (C=O) groups is 1. The van der Waals surface area contributed by atoms with Crippen molar-refractivity contribution in [1.82, 2.24) is 15.4 Å². The van der Waals surface area contributed by atoms with Gasteiger partial charge in [-0.3, -0.25) is 9.69 Å². The van der Waals surface area contributed by atoms with Crippen molar-refractivity contribution < 1.29 is 18.5 Å². The van der Waals surface area contributed by atoms with Gasteiger partial charge in [0, 0.05) is 51.0 Å². The van der Waals surface area contributed by atoms with Crippen LogP contribution in [0.4, 0.5) is 5.69 Å². The van der Waals surface area contributed by atoms with E-state index in [1.165, 1.54) is 5.69 Å². The molecule has 0 unspecified atom stereocenters. The summed E-state index contributed by atoms with van der Waals surface area (Å²) >= 11 is 0. The molecule has 0 atom stereocenters. The lowest BCUT2D eigenvalue weighted by atomic mass is 10.2. The molecule has 1 aliphatic rings. The van der Waals surface area contributed by atoms with Crippen molar-refractivity contribution in [2.75, 3.05) is 51.3 Å². The van der Waals surface area contributed by atoms with Crippen LogP contribution >= 0.6 is 0 Å². The summed E-state index contributed by atoms with van der Waals surface area (Å²) in [7, 11) is 1.67. The molecule has 0 bridgehead atoms. The molecule has 4 rings (SSSR count). The Hall–Kier alpha value is -3.26. The second-order valence-corrected chi connectivity index (χ2v) is 6.84. The Balaban J connectivity index is 1.20. The molecule has 0 spiro atoms. The molecule has 152 valence electrons. The van der Waals surface area contributed by atoms with E-state index in [0.717, 1.165) is 38.5 Å². The maximum atomic E-state index is 12.3. The van der Waals surface area contributed by atoms with Gasteiger partial charge in [-0.2, -0.15) is 0 Å². The quantitative estimate of drug-likeness (QED) is 0.657. The third-order valence-corrected chi connectivity index (χ3v) is 5.03. The van der Waals surface area contributed by atoms with Crippen LogP contribution in [0.5, 0.6) is 5.75 Å². The highest BCUT2D eigenvalue weighted by Gasteiger charge is 2.18. The first-order valence-electron chi connectivity index (χ1n) is 9.63. The predicted molar refractivity (Wildman–Crippen MR) is 108 cm³/mol. The van der Waals surface area contributed by atoms with E-state index >= 15 is 0 Å². The van der Waals surface area contributed by atoms with E-state index in [1.807, 2.05) is 12.1 Å². The van der Waals surface area contributed by atoms with Crippen LogP contribution in [0.1, 0.15) is 10.5 Å². The number of hydrogen-bond donors (Lipinski definition) is 1. The van der Waals surface area contributed by atoms with Crippen LogP contribution in [-0.4, -0.2) is 62.3 Å². The molecule has 0 aliphatic carbocycles. The zero-order valence-electron chi connectivity index (χ0n) is 16.3. The average molecular weight is 396 g/mol. The highest BCUT2D eigenvalue weighted by atomic mass is 16.5. The molecule has 1 N–H and O–H groups in total. The number of methoxy groups -OCH3 is 1. The molecular formula is C21H24N4O4. The minimum atomic E-state index is -0.247. The lowest BCUT2D eigenvalue weighted by Crippen LogP contribution is -2.48. The second kappa shape index (κ2) is 8.83. The molecule has 1 aromatic carbocycles. The van der Waals surface area contributed by atoms with Crippen molar-refractivity contribution in [3.05, 3.63) is 54.4 Å². The Morgan fingerprint density at radius 1 is 1.14 bits per heavy atom. The molecule has 0 radical (unpaired) electrons. The Kier molecular flexibility index (Phi) is 5.81. The Morgan fingerprint density at radius 3 is 2.62 bits per heavy atom. The van der Waals surface area contributed by atoms with Gasteiger partial charge >= 0.3 is 0 Å². The molecule has 29 heavy (non-hydrogen) atoms. The SMILES string of the molecule is COc1ccc(N2CCN(CCNC(=O)c3cc(-c4ccco4)on3)CC2)cc1. The van der Waals surface area contributed by atoms with E-state index in [1.54, 1.807) is 31.6 Å². The van der Waals surface area contributed by atoms with E-state index in [2.05, 4.69) is 32.4 Å². The van der Waals surface area contributed by atoms with Crippen LogP contribution in [-0.2, 0) is 0 Å². The Morgan fingerprint density at radius 2 is 1.93 bits per heavy atom. The number of rotatable bonds is 7. The van der Waals surface area contributed by atoms with E-state index < -0.39 is 0 Å². The standard InChI is InChI=1S/C21H24N4O4/c1-27-17-6-4-16(5-7-17)25-12-10-24(11-13-25)9-8-22-21(26)18-15-20(29-23-18)19-3-2-14-28-19/h2-7,14-15H,8-13H2,1H3,(H,22,26). The minimum Gasteiger partial charge on any atom is -0.497 e. The van der Waals surface area contributed by atoms with Crippen molar-refractivity contribution in [1.29, 1.82) is 0 Å². The van der Waals surface area contributed by atoms with Gasteiger partial charge < -0.3 is 23.9 Å². The van der Waals surface area contributed by atoms with Crippen molar-refractivity contribution in [2.24, 2.45) is 0 Å². The van der Waals surface area contributed by atoms with Gasteiger partial charge in [0.25, 0.3) is 5.91 Å². The van der Waals surface area contributed by atoms with Crippen LogP contribution in [0.15, 0.2) is 57.7 Å². The van der Waals surface area contributed by atoms with Gasteiger partial charge in [0.2, 0.25) is 5.76 Å². The molecule has 2 aromatic heterocycles. The lowest BCUT2D eigenvalue weighted by Gasteiger charge is -2.36. The summed E-state index contributed by atoms with van der Waals surface area (Å²) in [5.74, 6) is 1.61. The van der Waals surface area contributed by atoms with E-state index in [-0.39, 0.29) is 11.6 Å². The van der Waals surface area contributed by atoms with Crippen LogP contribution in [0, 0.1) is 0 Å². The molecule has 3 aromatic rings. The second-order valence-electron chi connectivity index (χ2n) is 6.84. The Bertz CT molecular complexity index is 913. The molecule has 1 saturated heterocycles. The van der Waals surface area contributed by atoms with Crippen molar-refractivity contribution in [2.45, 2.75) is 0 Å². The monoisotopic (exact) mass is 396 g/mol. The molecule has 1 aliphatic heterocycles. The normalized spacial score (nSPS) is 14.7. The number of anilines is 1. The number of hydrogen-bond acceptors (Lipinski definition) is 7. The summed E-state index contributed by atoms with van der Waals surface area (Å²) in [6.07, 6.45) is 1.55. The number of benzene rings is 1. The fraction of sp³-hybridized carbons (Fsp3) is 0.333. The van der Waals surface area contributed by atoms with Crippen LogP contribution in [0.3, 0.4) is 0 Å². The van der Waals surface area contributed by atoms with E-state index in [9.17, 15) is 4.79 Å². The number of piperazine rings is 1. The number of aromatic nitrogens is 1. The smallest absolute Gasteiger partial charge is 0.273 e. The number of nitrogens with zero attached hydrogens (tertiary/aromatic N) is 3. The van der Waals surface area contributed by atoms with Crippen molar-refractivity contribution in [3.63, 3.8) is 0 Å².